The highest BCUT2D eigenvalue weighted by Gasteiger charge is 2.15. The second-order valence-electron chi connectivity index (χ2n) is 5.75. The van der Waals surface area contributed by atoms with Crippen molar-refractivity contribution in [2.45, 2.75) is 32.0 Å². The minimum absolute atomic E-state index is 0.0781. The number of aliphatic hydroxyl groups is 1. The molecule has 140 valence electrons. The fraction of sp³-hybridized carbons (Fsp3) is 0.588. The first-order valence-corrected chi connectivity index (χ1v) is 9.24. The molecule has 1 saturated heterocycles. The Labute approximate surface area is 158 Å². The summed E-state index contributed by atoms with van der Waals surface area (Å²) in [5.74, 6) is 1.10. The Morgan fingerprint density at radius 2 is 2.28 bits per heavy atom. The van der Waals surface area contributed by atoms with Crippen LogP contribution in [0.2, 0.25) is 10.0 Å². The zero-order valence-corrected chi connectivity index (χ0v) is 15.8. The van der Waals surface area contributed by atoms with Gasteiger partial charge in [0.1, 0.15) is 23.5 Å². The summed E-state index contributed by atoms with van der Waals surface area (Å²) < 4.78 is 11.1. The van der Waals surface area contributed by atoms with Crippen LogP contribution in [0.25, 0.3) is 0 Å². The third-order valence-corrected chi connectivity index (χ3v) is 4.47. The molecule has 0 radical (unpaired) electrons. The molecule has 0 saturated carbocycles. The maximum absolute atomic E-state index is 10.1. The van der Waals surface area contributed by atoms with Crippen molar-refractivity contribution in [3.8, 4) is 5.75 Å². The van der Waals surface area contributed by atoms with Crippen LogP contribution in [0.4, 0.5) is 0 Å². The quantitative estimate of drug-likeness (QED) is 0.470. The molecule has 0 spiro atoms. The molecular weight excluding hydrogens is 365 g/mol. The van der Waals surface area contributed by atoms with Gasteiger partial charge in [-0.3, -0.25) is 4.99 Å². The summed E-state index contributed by atoms with van der Waals surface area (Å²) in [7, 11) is 0. The molecule has 8 heteroatoms. The first kappa shape index (κ1) is 20.1. The third-order valence-electron chi connectivity index (χ3n) is 3.67. The van der Waals surface area contributed by atoms with Gasteiger partial charge in [-0.25, -0.2) is 0 Å². The smallest absolute Gasteiger partial charge is 0.191 e. The van der Waals surface area contributed by atoms with Crippen molar-refractivity contribution < 1.29 is 14.6 Å². The van der Waals surface area contributed by atoms with Crippen molar-refractivity contribution in [2.24, 2.45) is 4.99 Å². The first-order chi connectivity index (χ1) is 12.1. The van der Waals surface area contributed by atoms with Crippen LogP contribution in [0.3, 0.4) is 0 Å². The maximum atomic E-state index is 10.1. The van der Waals surface area contributed by atoms with Gasteiger partial charge in [-0.2, -0.15) is 0 Å². The first-order valence-electron chi connectivity index (χ1n) is 8.48. The van der Waals surface area contributed by atoms with Crippen LogP contribution in [0, 0.1) is 0 Å². The van der Waals surface area contributed by atoms with E-state index in [9.17, 15) is 5.11 Å². The topological polar surface area (TPSA) is 75.1 Å². The van der Waals surface area contributed by atoms with Gasteiger partial charge in [0, 0.05) is 19.7 Å². The largest absolute Gasteiger partial charge is 0.489 e. The number of aliphatic hydroxyl groups excluding tert-OH is 1. The number of benzene rings is 1. The van der Waals surface area contributed by atoms with Crippen molar-refractivity contribution in [3.63, 3.8) is 0 Å². The van der Waals surface area contributed by atoms with Crippen molar-refractivity contribution in [1.82, 2.24) is 10.6 Å². The summed E-state index contributed by atoms with van der Waals surface area (Å²) in [6, 6.07) is 5.13. The summed E-state index contributed by atoms with van der Waals surface area (Å²) in [4.78, 5) is 4.38. The molecule has 1 aliphatic heterocycles. The van der Waals surface area contributed by atoms with Crippen molar-refractivity contribution in [1.29, 1.82) is 0 Å². The van der Waals surface area contributed by atoms with Crippen LogP contribution < -0.4 is 15.4 Å². The summed E-state index contributed by atoms with van der Waals surface area (Å²) in [5.41, 5.74) is 0. The van der Waals surface area contributed by atoms with E-state index in [2.05, 4.69) is 15.6 Å². The van der Waals surface area contributed by atoms with Gasteiger partial charge in [-0.1, -0.05) is 29.3 Å². The molecule has 1 fully saturated rings. The van der Waals surface area contributed by atoms with Gasteiger partial charge in [-0.05, 0) is 31.9 Å². The molecule has 1 aromatic rings. The van der Waals surface area contributed by atoms with Gasteiger partial charge < -0.3 is 25.2 Å². The van der Waals surface area contributed by atoms with Crippen molar-refractivity contribution >= 4 is 29.2 Å². The van der Waals surface area contributed by atoms with Crippen LogP contribution in [-0.4, -0.2) is 56.1 Å². The number of nitrogens with zero attached hydrogens (tertiary/aromatic N) is 1. The van der Waals surface area contributed by atoms with Gasteiger partial charge in [0.05, 0.1) is 17.7 Å². The Kier molecular flexibility index (Phi) is 8.61. The maximum Gasteiger partial charge on any atom is 0.191 e. The van der Waals surface area contributed by atoms with E-state index >= 15 is 0 Å². The number of aliphatic imine (C=N–C) groups is 1. The van der Waals surface area contributed by atoms with Crippen LogP contribution in [0.15, 0.2) is 23.2 Å². The van der Waals surface area contributed by atoms with Crippen LogP contribution in [0.1, 0.15) is 19.8 Å². The van der Waals surface area contributed by atoms with Gasteiger partial charge in [0.25, 0.3) is 0 Å². The molecular formula is C17H25Cl2N3O3. The average molecular weight is 390 g/mol. The number of ether oxygens (including phenoxy) is 2. The number of rotatable bonds is 8. The second kappa shape index (κ2) is 10.7. The second-order valence-corrected chi connectivity index (χ2v) is 6.54. The molecule has 2 unspecified atom stereocenters. The lowest BCUT2D eigenvalue weighted by molar-refractivity contribution is 0.112. The summed E-state index contributed by atoms with van der Waals surface area (Å²) in [6.07, 6.45) is 1.63. The summed E-state index contributed by atoms with van der Waals surface area (Å²) in [6.45, 7) is 4.54. The van der Waals surface area contributed by atoms with Gasteiger partial charge in [-0.15, -0.1) is 0 Å². The summed E-state index contributed by atoms with van der Waals surface area (Å²) in [5, 5.41) is 17.2. The van der Waals surface area contributed by atoms with Crippen LogP contribution in [0.5, 0.6) is 5.75 Å². The normalized spacial score (nSPS) is 18.9. The standard InChI is InChI=1S/C17H25Cl2N3O3/c1-2-20-17(22-10-13-5-4-8-24-13)21-9-12(23)11-25-15-7-3-6-14(18)16(15)19/h3,6-7,12-13,23H,2,4-5,8-11H2,1H3,(H2,20,21,22). The summed E-state index contributed by atoms with van der Waals surface area (Å²) >= 11 is 12.0. The predicted molar refractivity (Wildman–Crippen MR) is 101 cm³/mol. The minimum atomic E-state index is -0.756. The Morgan fingerprint density at radius 3 is 3.00 bits per heavy atom. The lowest BCUT2D eigenvalue weighted by Crippen LogP contribution is -2.41. The molecule has 3 N–H and O–H groups in total. The Balaban J connectivity index is 1.78. The fourth-order valence-electron chi connectivity index (χ4n) is 2.39. The molecule has 2 rings (SSSR count). The van der Waals surface area contributed by atoms with E-state index in [4.69, 9.17) is 32.7 Å². The fourth-order valence-corrected chi connectivity index (χ4v) is 2.73. The molecule has 1 aromatic carbocycles. The molecule has 6 nitrogen and oxygen atoms in total. The number of hydrogen-bond acceptors (Lipinski definition) is 4. The molecule has 0 amide bonds. The van der Waals surface area contributed by atoms with E-state index in [1.54, 1.807) is 18.2 Å². The molecule has 1 heterocycles. The van der Waals surface area contributed by atoms with Crippen molar-refractivity contribution in [2.75, 3.05) is 32.8 Å². The van der Waals surface area contributed by atoms with E-state index in [0.29, 0.717) is 28.3 Å². The lowest BCUT2D eigenvalue weighted by Gasteiger charge is -2.16. The lowest BCUT2D eigenvalue weighted by atomic mass is 10.2. The number of halogens is 2. The Bertz CT molecular complexity index is 566. The average Bonchev–Trinajstić information content (AvgIpc) is 3.12. The highest BCUT2D eigenvalue weighted by molar-refractivity contribution is 6.42. The number of guanidine groups is 1. The molecule has 0 aromatic heterocycles. The number of nitrogens with one attached hydrogen (secondary N) is 2. The van der Waals surface area contributed by atoms with Gasteiger partial charge >= 0.3 is 0 Å². The Morgan fingerprint density at radius 1 is 1.44 bits per heavy atom. The minimum Gasteiger partial charge on any atom is -0.489 e. The van der Waals surface area contributed by atoms with Crippen molar-refractivity contribution in [3.05, 3.63) is 28.2 Å². The number of hydrogen-bond donors (Lipinski definition) is 3. The Hall–Kier alpha value is -1.21. The van der Waals surface area contributed by atoms with E-state index in [1.165, 1.54) is 0 Å². The third kappa shape index (κ3) is 6.90. The zero-order chi connectivity index (χ0) is 18.1. The predicted octanol–water partition coefficient (Wildman–Crippen LogP) is 2.47. The van der Waals surface area contributed by atoms with E-state index in [-0.39, 0.29) is 19.3 Å². The SMILES string of the molecule is CCNC(=NCC(O)COc1cccc(Cl)c1Cl)NCC1CCCO1. The van der Waals surface area contributed by atoms with Crippen LogP contribution in [-0.2, 0) is 4.74 Å². The van der Waals surface area contributed by atoms with E-state index < -0.39 is 6.10 Å². The molecule has 0 aliphatic carbocycles. The zero-order valence-electron chi connectivity index (χ0n) is 14.3. The molecule has 2 atom stereocenters. The molecule has 0 bridgehead atoms. The van der Waals surface area contributed by atoms with Gasteiger partial charge in [0.2, 0.25) is 0 Å². The van der Waals surface area contributed by atoms with Crippen LogP contribution >= 0.6 is 23.2 Å². The molecule has 1 aliphatic rings. The van der Waals surface area contributed by atoms with E-state index in [0.717, 1.165) is 26.0 Å². The highest BCUT2D eigenvalue weighted by atomic mass is 35.5. The molecule has 25 heavy (non-hydrogen) atoms. The van der Waals surface area contributed by atoms with E-state index in [1.807, 2.05) is 6.92 Å². The highest BCUT2D eigenvalue weighted by Crippen LogP contribution is 2.31. The van der Waals surface area contributed by atoms with Gasteiger partial charge in [0.15, 0.2) is 5.96 Å². The monoisotopic (exact) mass is 389 g/mol.